The van der Waals surface area contributed by atoms with Crippen molar-refractivity contribution in [3.05, 3.63) is 28.2 Å². The Bertz CT molecular complexity index is 572. The zero-order chi connectivity index (χ0) is 13.9. The first kappa shape index (κ1) is 12.8. The number of halogens is 1. The second kappa shape index (κ2) is 4.57. The lowest BCUT2D eigenvalue weighted by atomic mass is 9.84. The molecule has 1 heterocycles. The van der Waals surface area contributed by atoms with Gasteiger partial charge in [-0.25, -0.2) is 0 Å². The first-order chi connectivity index (χ1) is 9.65. The first-order valence-electron chi connectivity index (χ1n) is 7.50. The quantitative estimate of drug-likeness (QED) is 0.858. The second-order valence-corrected chi connectivity index (χ2v) is 7.36. The summed E-state index contributed by atoms with van der Waals surface area (Å²) in [7, 11) is 0. The molecule has 2 bridgehead atoms. The maximum atomic E-state index is 12.9. The highest BCUT2D eigenvalue weighted by Crippen LogP contribution is 2.49. The summed E-state index contributed by atoms with van der Waals surface area (Å²) in [6.07, 6.45) is 4.53. The maximum absolute atomic E-state index is 12.9. The Kier molecular flexibility index (Phi) is 2.93. The minimum absolute atomic E-state index is 0.0587. The molecule has 2 saturated carbocycles. The lowest BCUT2D eigenvalue weighted by molar-refractivity contribution is -0.124. The van der Waals surface area contributed by atoms with Crippen LogP contribution in [-0.4, -0.2) is 18.5 Å². The number of nitrogens with zero attached hydrogens (tertiary/aromatic N) is 1. The minimum atomic E-state index is 0.0587. The van der Waals surface area contributed by atoms with Crippen molar-refractivity contribution in [2.45, 2.75) is 31.7 Å². The van der Waals surface area contributed by atoms with E-state index < -0.39 is 0 Å². The van der Waals surface area contributed by atoms with E-state index in [0.717, 1.165) is 23.1 Å². The van der Waals surface area contributed by atoms with Gasteiger partial charge in [0.1, 0.15) is 0 Å². The molecule has 4 atom stereocenters. The van der Waals surface area contributed by atoms with Crippen molar-refractivity contribution < 1.29 is 4.79 Å². The highest BCUT2D eigenvalue weighted by Gasteiger charge is 2.50. The van der Waals surface area contributed by atoms with Crippen LogP contribution in [0.2, 0.25) is 0 Å². The van der Waals surface area contributed by atoms with E-state index in [9.17, 15) is 4.79 Å². The van der Waals surface area contributed by atoms with Crippen LogP contribution < -0.4 is 10.6 Å². The van der Waals surface area contributed by atoms with Crippen LogP contribution in [0.4, 0.5) is 5.69 Å². The van der Waals surface area contributed by atoms with Crippen LogP contribution in [0.3, 0.4) is 0 Å². The Balaban J connectivity index is 1.62. The largest absolute Gasteiger partial charge is 0.327 e. The van der Waals surface area contributed by atoms with Gasteiger partial charge in [-0.15, -0.1) is 0 Å². The van der Waals surface area contributed by atoms with E-state index in [1.807, 2.05) is 11.0 Å². The highest BCUT2D eigenvalue weighted by atomic mass is 79.9. The van der Waals surface area contributed by atoms with Crippen LogP contribution in [0, 0.1) is 17.8 Å². The summed E-state index contributed by atoms with van der Waals surface area (Å²) in [6, 6.07) is 6.29. The fraction of sp³-hybridized carbons (Fsp3) is 0.562. The number of nitrogens with two attached hydrogens (primary N) is 1. The third-order valence-electron chi connectivity index (χ3n) is 5.47. The zero-order valence-electron chi connectivity index (χ0n) is 11.4. The molecule has 1 aromatic rings. The predicted octanol–water partition coefficient (Wildman–Crippen LogP) is 2.71. The summed E-state index contributed by atoms with van der Waals surface area (Å²) in [5.41, 5.74) is 8.68. The SMILES string of the molecule is NC1C2CCC(C2)C1C(=O)N1CCc2cc(Br)ccc21. The van der Waals surface area contributed by atoms with Gasteiger partial charge in [0.15, 0.2) is 0 Å². The molecule has 1 aliphatic heterocycles. The third-order valence-corrected chi connectivity index (χ3v) is 5.96. The molecular formula is C16H19BrN2O. The Morgan fingerprint density at radius 3 is 2.85 bits per heavy atom. The van der Waals surface area contributed by atoms with E-state index in [1.54, 1.807) is 0 Å². The summed E-state index contributed by atoms with van der Waals surface area (Å²) >= 11 is 3.50. The molecule has 2 fully saturated rings. The molecule has 3 aliphatic rings. The standard InChI is InChI=1S/C16H19BrN2O/c17-12-3-4-13-9(8-12)5-6-19(13)16(20)14-10-1-2-11(7-10)15(14)18/h3-4,8,10-11,14-15H,1-2,5-7,18H2. The van der Waals surface area contributed by atoms with Crippen LogP contribution in [-0.2, 0) is 11.2 Å². The summed E-state index contributed by atoms with van der Waals surface area (Å²) in [6.45, 7) is 0.811. The highest BCUT2D eigenvalue weighted by molar-refractivity contribution is 9.10. The van der Waals surface area contributed by atoms with E-state index in [1.165, 1.54) is 24.8 Å². The molecule has 0 spiro atoms. The van der Waals surface area contributed by atoms with Gasteiger partial charge in [-0.2, -0.15) is 0 Å². The zero-order valence-corrected chi connectivity index (χ0v) is 13.0. The molecule has 4 rings (SSSR count). The number of rotatable bonds is 1. The predicted molar refractivity (Wildman–Crippen MR) is 82.5 cm³/mol. The van der Waals surface area contributed by atoms with Gasteiger partial charge >= 0.3 is 0 Å². The number of hydrogen-bond donors (Lipinski definition) is 1. The fourth-order valence-electron chi connectivity index (χ4n) is 4.48. The minimum Gasteiger partial charge on any atom is -0.327 e. The summed E-state index contributed by atoms with van der Waals surface area (Å²) in [4.78, 5) is 14.9. The van der Waals surface area contributed by atoms with Crippen molar-refractivity contribution in [2.24, 2.45) is 23.5 Å². The molecule has 2 N–H and O–H groups in total. The summed E-state index contributed by atoms with van der Waals surface area (Å²) in [5.74, 6) is 1.44. The topological polar surface area (TPSA) is 46.3 Å². The molecule has 0 saturated heterocycles. The van der Waals surface area contributed by atoms with Gasteiger partial charge in [0.05, 0.1) is 5.92 Å². The van der Waals surface area contributed by atoms with Crippen molar-refractivity contribution in [3.63, 3.8) is 0 Å². The lowest BCUT2D eigenvalue weighted by Crippen LogP contribution is -2.46. The molecule has 2 aliphatic carbocycles. The van der Waals surface area contributed by atoms with Crippen LogP contribution in [0.1, 0.15) is 24.8 Å². The monoisotopic (exact) mass is 334 g/mol. The van der Waals surface area contributed by atoms with Crippen molar-refractivity contribution in [1.29, 1.82) is 0 Å². The van der Waals surface area contributed by atoms with E-state index in [4.69, 9.17) is 5.73 Å². The average molecular weight is 335 g/mol. The molecule has 4 unspecified atom stereocenters. The van der Waals surface area contributed by atoms with Gasteiger partial charge in [-0.05, 0) is 61.3 Å². The number of amides is 1. The third kappa shape index (κ3) is 1.77. The van der Waals surface area contributed by atoms with Gasteiger partial charge < -0.3 is 10.6 Å². The molecule has 1 amide bonds. The normalized spacial score (nSPS) is 34.6. The maximum Gasteiger partial charge on any atom is 0.231 e. The molecule has 0 aromatic heterocycles. The smallest absolute Gasteiger partial charge is 0.231 e. The van der Waals surface area contributed by atoms with Gasteiger partial charge in [-0.1, -0.05) is 15.9 Å². The molecule has 20 heavy (non-hydrogen) atoms. The van der Waals surface area contributed by atoms with Crippen molar-refractivity contribution in [1.82, 2.24) is 0 Å². The Hall–Kier alpha value is -0.870. The van der Waals surface area contributed by atoms with Gasteiger partial charge in [0.2, 0.25) is 5.91 Å². The number of carbonyl (C=O) groups excluding carboxylic acids is 1. The second-order valence-electron chi connectivity index (χ2n) is 6.45. The number of fused-ring (bicyclic) bond motifs is 3. The van der Waals surface area contributed by atoms with E-state index in [0.29, 0.717) is 11.8 Å². The van der Waals surface area contributed by atoms with E-state index in [2.05, 4.69) is 28.1 Å². The van der Waals surface area contributed by atoms with Crippen molar-refractivity contribution >= 4 is 27.5 Å². The molecule has 4 heteroatoms. The summed E-state index contributed by atoms with van der Waals surface area (Å²) < 4.78 is 1.09. The number of carbonyl (C=O) groups is 1. The van der Waals surface area contributed by atoms with Crippen LogP contribution in [0.25, 0.3) is 0 Å². The molecular weight excluding hydrogens is 316 g/mol. The van der Waals surface area contributed by atoms with Gasteiger partial charge in [-0.3, -0.25) is 4.79 Å². The van der Waals surface area contributed by atoms with Gasteiger partial charge in [0.25, 0.3) is 0 Å². The number of hydrogen-bond acceptors (Lipinski definition) is 2. The Morgan fingerprint density at radius 1 is 1.30 bits per heavy atom. The molecule has 1 aromatic carbocycles. The molecule has 0 radical (unpaired) electrons. The molecule has 3 nitrogen and oxygen atoms in total. The first-order valence-corrected chi connectivity index (χ1v) is 8.30. The van der Waals surface area contributed by atoms with E-state index >= 15 is 0 Å². The van der Waals surface area contributed by atoms with Crippen LogP contribution in [0.5, 0.6) is 0 Å². The van der Waals surface area contributed by atoms with Gasteiger partial charge in [0, 0.05) is 22.7 Å². The fourth-order valence-corrected chi connectivity index (χ4v) is 4.89. The number of anilines is 1. The van der Waals surface area contributed by atoms with Crippen LogP contribution in [0.15, 0.2) is 22.7 Å². The average Bonchev–Trinajstić information content (AvgIpc) is 3.10. The Morgan fingerprint density at radius 2 is 2.10 bits per heavy atom. The summed E-state index contributed by atoms with van der Waals surface area (Å²) in [5, 5.41) is 0. The van der Waals surface area contributed by atoms with Crippen molar-refractivity contribution in [2.75, 3.05) is 11.4 Å². The number of benzene rings is 1. The van der Waals surface area contributed by atoms with Crippen molar-refractivity contribution in [3.8, 4) is 0 Å². The van der Waals surface area contributed by atoms with E-state index in [-0.39, 0.29) is 17.9 Å². The van der Waals surface area contributed by atoms with Crippen LogP contribution >= 0.6 is 15.9 Å². The molecule has 106 valence electrons. The Labute approximate surface area is 127 Å². The lowest BCUT2D eigenvalue weighted by Gasteiger charge is -2.31.